The van der Waals surface area contributed by atoms with Crippen LogP contribution in [0.4, 0.5) is 0 Å². The molecule has 0 radical (unpaired) electrons. The number of nitrogens with two attached hydrogens (primary N) is 1. The molecule has 0 fully saturated rings. The zero-order valence-electron chi connectivity index (χ0n) is 7.46. The Bertz CT molecular complexity index is 125. The van der Waals surface area contributed by atoms with Crippen molar-refractivity contribution in [3.8, 4) is 0 Å². The van der Waals surface area contributed by atoms with Crippen molar-refractivity contribution in [1.82, 2.24) is 0 Å². The van der Waals surface area contributed by atoms with Crippen LogP contribution in [-0.2, 0) is 4.79 Å². The molecule has 0 saturated heterocycles. The number of rotatable bonds is 5. The summed E-state index contributed by atoms with van der Waals surface area (Å²) in [5, 5.41) is 0.620. The molecule has 0 rings (SSSR count). The van der Waals surface area contributed by atoms with Crippen molar-refractivity contribution in [2.75, 3.05) is 5.75 Å². The van der Waals surface area contributed by atoms with Gasteiger partial charge in [-0.15, -0.1) is 0 Å². The van der Waals surface area contributed by atoms with E-state index in [0.717, 1.165) is 5.75 Å². The fraction of sp³-hybridized carbons (Fsp3) is 0.875. The second-order valence-corrected chi connectivity index (χ2v) is 4.52. The molecule has 0 aliphatic rings. The number of carbonyl (C=O) groups is 1. The van der Waals surface area contributed by atoms with Crippen LogP contribution < -0.4 is 5.73 Å². The minimum Gasteiger partial charge on any atom is -0.370 e. The molecule has 0 aliphatic carbocycles. The Morgan fingerprint density at radius 2 is 2.00 bits per heavy atom. The average molecular weight is 175 g/mol. The highest BCUT2D eigenvalue weighted by molar-refractivity contribution is 7.99. The van der Waals surface area contributed by atoms with Crippen LogP contribution in [0.3, 0.4) is 0 Å². The Morgan fingerprint density at radius 1 is 1.45 bits per heavy atom. The normalized spacial score (nSPS) is 13.5. The van der Waals surface area contributed by atoms with Crippen molar-refractivity contribution in [3.63, 3.8) is 0 Å². The van der Waals surface area contributed by atoms with Gasteiger partial charge in [0.15, 0.2) is 0 Å². The van der Waals surface area contributed by atoms with E-state index in [1.54, 1.807) is 0 Å². The summed E-state index contributed by atoms with van der Waals surface area (Å²) in [4.78, 5) is 10.4. The van der Waals surface area contributed by atoms with E-state index in [4.69, 9.17) is 5.73 Å². The molecule has 0 aliphatic heterocycles. The Labute approximate surface area is 72.9 Å². The molecule has 3 heteroatoms. The van der Waals surface area contributed by atoms with Gasteiger partial charge in [-0.3, -0.25) is 4.79 Å². The van der Waals surface area contributed by atoms with Crippen molar-refractivity contribution < 1.29 is 4.79 Å². The molecule has 0 saturated carbocycles. The maximum Gasteiger partial charge on any atom is 0.218 e. The molecular formula is C8H17NOS. The predicted octanol–water partition coefficient (Wildman–Crippen LogP) is 1.64. The van der Waals surface area contributed by atoms with Crippen LogP contribution in [0.25, 0.3) is 0 Å². The molecule has 2 nitrogen and oxygen atoms in total. The third-order valence-corrected chi connectivity index (χ3v) is 3.18. The number of thioether (sulfide) groups is 1. The van der Waals surface area contributed by atoms with Gasteiger partial charge in [-0.25, -0.2) is 0 Å². The predicted molar refractivity (Wildman–Crippen MR) is 50.6 cm³/mol. The summed E-state index contributed by atoms with van der Waals surface area (Å²) in [5.41, 5.74) is 5.00. The molecule has 0 heterocycles. The molecule has 0 bridgehead atoms. The van der Waals surface area contributed by atoms with Crippen LogP contribution in [0.1, 0.15) is 27.2 Å². The number of primary amides is 1. The summed E-state index contributed by atoms with van der Waals surface area (Å²) >= 11 is 1.81. The van der Waals surface area contributed by atoms with E-state index in [-0.39, 0.29) is 5.91 Å². The van der Waals surface area contributed by atoms with E-state index in [1.807, 2.05) is 11.8 Å². The van der Waals surface area contributed by atoms with Gasteiger partial charge >= 0.3 is 0 Å². The number of hydrogen-bond donors (Lipinski definition) is 1. The van der Waals surface area contributed by atoms with Gasteiger partial charge in [0.05, 0.1) is 0 Å². The fourth-order valence-corrected chi connectivity index (χ4v) is 1.61. The molecule has 2 N–H and O–H groups in total. The van der Waals surface area contributed by atoms with Crippen molar-refractivity contribution >= 4 is 17.7 Å². The minimum absolute atomic E-state index is 0.201. The zero-order valence-corrected chi connectivity index (χ0v) is 8.28. The van der Waals surface area contributed by atoms with Gasteiger partial charge in [0.2, 0.25) is 5.91 Å². The molecular weight excluding hydrogens is 158 g/mol. The summed E-state index contributed by atoms with van der Waals surface area (Å²) in [6, 6.07) is 0. The van der Waals surface area contributed by atoms with Crippen molar-refractivity contribution in [2.24, 2.45) is 11.7 Å². The molecule has 1 amide bonds. The zero-order chi connectivity index (χ0) is 8.85. The Morgan fingerprint density at radius 3 is 2.36 bits per heavy atom. The lowest BCUT2D eigenvalue weighted by atomic mass is 10.2. The highest BCUT2D eigenvalue weighted by atomic mass is 32.2. The SMILES string of the molecule is CC(C)C(C)SCCC(N)=O. The van der Waals surface area contributed by atoms with Gasteiger partial charge in [0.25, 0.3) is 0 Å². The summed E-state index contributed by atoms with van der Waals surface area (Å²) in [6.07, 6.45) is 0.502. The second kappa shape index (κ2) is 5.47. The molecule has 0 aromatic rings. The second-order valence-electron chi connectivity index (χ2n) is 3.04. The van der Waals surface area contributed by atoms with Crippen LogP contribution in [0.5, 0.6) is 0 Å². The number of carbonyl (C=O) groups excluding carboxylic acids is 1. The smallest absolute Gasteiger partial charge is 0.218 e. The lowest BCUT2D eigenvalue weighted by Gasteiger charge is -2.13. The monoisotopic (exact) mass is 175 g/mol. The van der Waals surface area contributed by atoms with E-state index in [0.29, 0.717) is 17.6 Å². The van der Waals surface area contributed by atoms with Crippen molar-refractivity contribution in [2.45, 2.75) is 32.4 Å². The maximum atomic E-state index is 10.4. The minimum atomic E-state index is -0.201. The Balaban J connectivity index is 3.31. The van der Waals surface area contributed by atoms with Crippen LogP contribution in [-0.4, -0.2) is 16.9 Å². The topological polar surface area (TPSA) is 43.1 Å². The average Bonchev–Trinajstić information content (AvgIpc) is 1.86. The van der Waals surface area contributed by atoms with E-state index >= 15 is 0 Å². The number of amides is 1. The van der Waals surface area contributed by atoms with Gasteiger partial charge in [-0.1, -0.05) is 20.8 Å². The van der Waals surface area contributed by atoms with Crippen molar-refractivity contribution in [3.05, 3.63) is 0 Å². The first-order valence-corrected chi connectivity index (χ1v) is 4.98. The van der Waals surface area contributed by atoms with E-state index < -0.39 is 0 Å². The van der Waals surface area contributed by atoms with Crippen molar-refractivity contribution in [1.29, 1.82) is 0 Å². The highest BCUT2D eigenvalue weighted by Gasteiger charge is 2.07. The molecule has 1 unspecified atom stereocenters. The van der Waals surface area contributed by atoms with Gasteiger partial charge in [0, 0.05) is 17.4 Å². The summed E-state index contributed by atoms with van der Waals surface area (Å²) in [7, 11) is 0. The summed E-state index contributed by atoms with van der Waals surface area (Å²) < 4.78 is 0. The van der Waals surface area contributed by atoms with Gasteiger partial charge in [-0.2, -0.15) is 11.8 Å². The van der Waals surface area contributed by atoms with Crippen LogP contribution >= 0.6 is 11.8 Å². The van der Waals surface area contributed by atoms with Gasteiger partial charge in [0.1, 0.15) is 0 Å². The van der Waals surface area contributed by atoms with E-state index in [1.165, 1.54) is 0 Å². The van der Waals surface area contributed by atoms with Gasteiger partial charge in [-0.05, 0) is 5.92 Å². The molecule has 0 aromatic heterocycles. The maximum absolute atomic E-state index is 10.4. The van der Waals surface area contributed by atoms with Crippen LogP contribution in [0.15, 0.2) is 0 Å². The van der Waals surface area contributed by atoms with Crippen LogP contribution in [0.2, 0.25) is 0 Å². The molecule has 1 atom stereocenters. The Hall–Kier alpha value is -0.180. The first-order valence-electron chi connectivity index (χ1n) is 3.94. The van der Waals surface area contributed by atoms with E-state index in [2.05, 4.69) is 20.8 Å². The third-order valence-electron chi connectivity index (χ3n) is 1.67. The Kier molecular flexibility index (Phi) is 5.38. The third kappa shape index (κ3) is 6.23. The molecule has 11 heavy (non-hydrogen) atoms. The molecule has 66 valence electrons. The largest absolute Gasteiger partial charge is 0.370 e. The first-order chi connectivity index (χ1) is 5.04. The first kappa shape index (κ1) is 10.8. The van der Waals surface area contributed by atoms with E-state index in [9.17, 15) is 4.79 Å². The molecule has 0 aromatic carbocycles. The highest BCUT2D eigenvalue weighted by Crippen LogP contribution is 2.18. The number of hydrogen-bond acceptors (Lipinski definition) is 2. The standard InChI is InChI=1S/C8H17NOS/c1-6(2)7(3)11-5-4-8(9)10/h6-7H,4-5H2,1-3H3,(H2,9,10). The lowest BCUT2D eigenvalue weighted by molar-refractivity contribution is -0.117. The summed E-state index contributed by atoms with van der Waals surface area (Å²) in [6.45, 7) is 6.54. The quantitative estimate of drug-likeness (QED) is 0.690. The molecule has 0 spiro atoms. The summed E-state index contributed by atoms with van der Waals surface area (Å²) in [5.74, 6) is 1.33. The van der Waals surface area contributed by atoms with Gasteiger partial charge < -0.3 is 5.73 Å². The lowest BCUT2D eigenvalue weighted by Crippen LogP contribution is -2.13. The fourth-order valence-electron chi connectivity index (χ4n) is 0.538. The van der Waals surface area contributed by atoms with Crippen LogP contribution in [0, 0.1) is 5.92 Å².